The minimum absolute atomic E-state index is 0.0951. The van der Waals surface area contributed by atoms with E-state index in [1.807, 2.05) is 0 Å². The summed E-state index contributed by atoms with van der Waals surface area (Å²) in [6.45, 7) is 3.64. The second-order valence-corrected chi connectivity index (χ2v) is 6.56. The SMILES string of the molecule is CNc1ncc(S(=O)(=O)NCCCN2CCCC2)cn1. The largest absolute Gasteiger partial charge is 0.357 e. The molecule has 1 aliphatic heterocycles. The van der Waals surface area contributed by atoms with Gasteiger partial charge >= 0.3 is 0 Å². The fourth-order valence-corrected chi connectivity index (χ4v) is 3.15. The average molecular weight is 299 g/mol. The van der Waals surface area contributed by atoms with E-state index < -0.39 is 10.0 Å². The van der Waals surface area contributed by atoms with Crippen molar-refractivity contribution in [2.24, 2.45) is 0 Å². The molecule has 7 nitrogen and oxygen atoms in total. The Morgan fingerprint density at radius 1 is 1.25 bits per heavy atom. The van der Waals surface area contributed by atoms with Crippen LogP contribution < -0.4 is 10.0 Å². The number of nitrogens with one attached hydrogen (secondary N) is 2. The number of rotatable bonds is 7. The summed E-state index contributed by atoms with van der Waals surface area (Å²) in [6, 6.07) is 0. The first-order valence-corrected chi connectivity index (χ1v) is 8.32. The van der Waals surface area contributed by atoms with E-state index in [2.05, 4.69) is 24.9 Å². The van der Waals surface area contributed by atoms with Gasteiger partial charge in [0.05, 0.1) is 12.4 Å². The van der Waals surface area contributed by atoms with Crippen molar-refractivity contribution in [2.75, 3.05) is 38.5 Å². The van der Waals surface area contributed by atoms with E-state index in [1.165, 1.54) is 25.2 Å². The third kappa shape index (κ3) is 4.12. The molecule has 20 heavy (non-hydrogen) atoms. The summed E-state index contributed by atoms with van der Waals surface area (Å²) in [4.78, 5) is 10.3. The predicted molar refractivity (Wildman–Crippen MR) is 77.1 cm³/mol. The molecule has 0 unspecified atom stereocenters. The van der Waals surface area contributed by atoms with Crippen molar-refractivity contribution in [1.29, 1.82) is 0 Å². The number of hydrogen-bond acceptors (Lipinski definition) is 6. The predicted octanol–water partition coefficient (Wildman–Crippen LogP) is 0.283. The molecule has 0 aromatic carbocycles. The first-order chi connectivity index (χ1) is 9.62. The first kappa shape index (κ1) is 15.1. The van der Waals surface area contributed by atoms with Crippen LogP contribution in [0.2, 0.25) is 0 Å². The minimum atomic E-state index is -3.50. The van der Waals surface area contributed by atoms with Crippen LogP contribution in [0.25, 0.3) is 0 Å². The Morgan fingerprint density at radius 3 is 2.50 bits per heavy atom. The number of nitrogens with zero attached hydrogens (tertiary/aromatic N) is 3. The van der Waals surface area contributed by atoms with Crippen molar-refractivity contribution in [2.45, 2.75) is 24.2 Å². The number of aromatic nitrogens is 2. The van der Waals surface area contributed by atoms with Crippen molar-refractivity contribution < 1.29 is 8.42 Å². The highest BCUT2D eigenvalue weighted by atomic mass is 32.2. The molecule has 8 heteroatoms. The van der Waals surface area contributed by atoms with Gasteiger partial charge in [0.25, 0.3) is 0 Å². The topological polar surface area (TPSA) is 87.2 Å². The van der Waals surface area contributed by atoms with Crippen LogP contribution in [0.1, 0.15) is 19.3 Å². The van der Waals surface area contributed by atoms with E-state index in [4.69, 9.17) is 0 Å². The zero-order valence-electron chi connectivity index (χ0n) is 11.7. The normalized spacial score (nSPS) is 16.4. The Labute approximate surface area is 119 Å². The summed E-state index contributed by atoms with van der Waals surface area (Å²) < 4.78 is 26.6. The van der Waals surface area contributed by atoms with E-state index in [9.17, 15) is 8.42 Å². The molecule has 1 saturated heterocycles. The first-order valence-electron chi connectivity index (χ1n) is 6.83. The molecule has 0 bridgehead atoms. The van der Waals surface area contributed by atoms with Gasteiger partial charge in [0, 0.05) is 13.6 Å². The summed E-state index contributed by atoms with van der Waals surface area (Å²) in [5, 5.41) is 2.75. The van der Waals surface area contributed by atoms with Gasteiger partial charge in [0.2, 0.25) is 16.0 Å². The lowest BCUT2D eigenvalue weighted by Gasteiger charge is -2.14. The molecular formula is C12H21N5O2S. The molecule has 0 aliphatic carbocycles. The maximum atomic E-state index is 12.0. The Morgan fingerprint density at radius 2 is 1.90 bits per heavy atom. The van der Waals surface area contributed by atoms with E-state index >= 15 is 0 Å². The maximum Gasteiger partial charge on any atom is 0.243 e. The highest BCUT2D eigenvalue weighted by Gasteiger charge is 2.15. The monoisotopic (exact) mass is 299 g/mol. The van der Waals surface area contributed by atoms with Gasteiger partial charge in [-0.3, -0.25) is 0 Å². The van der Waals surface area contributed by atoms with Gasteiger partial charge in [-0.15, -0.1) is 0 Å². The van der Waals surface area contributed by atoms with Crippen molar-refractivity contribution >= 4 is 16.0 Å². The molecule has 0 spiro atoms. The van der Waals surface area contributed by atoms with Crippen LogP contribution >= 0.6 is 0 Å². The van der Waals surface area contributed by atoms with Crippen LogP contribution in [-0.4, -0.2) is 56.5 Å². The summed E-state index contributed by atoms with van der Waals surface area (Å²) in [6.07, 6.45) is 5.93. The van der Waals surface area contributed by atoms with E-state index in [0.29, 0.717) is 12.5 Å². The molecule has 1 aliphatic rings. The summed E-state index contributed by atoms with van der Waals surface area (Å²) in [7, 11) is -1.82. The van der Waals surface area contributed by atoms with Crippen LogP contribution in [0, 0.1) is 0 Å². The maximum absolute atomic E-state index is 12.0. The van der Waals surface area contributed by atoms with Gasteiger partial charge in [-0.2, -0.15) is 0 Å². The molecular weight excluding hydrogens is 278 g/mol. The minimum Gasteiger partial charge on any atom is -0.357 e. The summed E-state index contributed by atoms with van der Waals surface area (Å²) in [5.41, 5.74) is 0. The lowest BCUT2D eigenvalue weighted by Crippen LogP contribution is -2.29. The standard InChI is InChI=1S/C12H21N5O2S/c1-13-12-14-9-11(10-15-12)20(18,19)16-5-4-8-17-6-2-3-7-17/h9-10,16H,2-8H2,1H3,(H,13,14,15). The summed E-state index contributed by atoms with van der Waals surface area (Å²) in [5.74, 6) is 0.401. The van der Waals surface area contributed by atoms with Crippen LogP contribution in [0.15, 0.2) is 17.3 Å². The molecule has 1 aromatic heterocycles. The Bertz CT molecular complexity index is 511. The van der Waals surface area contributed by atoms with Gasteiger partial charge < -0.3 is 10.2 Å². The molecule has 0 saturated carbocycles. The van der Waals surface area contributed by atoms with E-state index in [1.54, 1.807) is 7.05 Å². The van der Waals surface area contributed by atoms with Crippen molar-refractivity contribution in [3.05, 3.63) is 12.4 Å². The fraction of sp³-hybridized carbons (Fsp3) is 0.667. The number of anilines is 1. The zero-order chi connectivity index (χ0) is 14.4. The lowest BCUT2D eigenvalue weighted by atomic mass is 10.4. The van der Waals surface area contributed by atoms with Crippen molar-refractivity contribution in [3.63, 3.8) is 0 Å². The molecule has 1 fully saturated rings. The highest BCUT2D eigenvalue weighted by Crippen LogP contribution is 2.08. The number of sulfonamides is 1. The second kappa shape index (κ2) is 6.96. The fourth-order valence-electron chi connectivity index (χ4n) is 2.18. The van der Waals surface area contributed by atoms with Crippen LogP contribution in [-0.2, 0) is 10.0 Å². The smallest absolute Gasteiger partial charge is 0.243 e. The molecule has 0 radical (unpaired) electrons. The van der Waals surface area contributed by atoms with Crippen LogP contribution in [0.4, 0.5) is 5.95 Å². The third-order valence-electron chi connectivity index (χ3n) is 3.30. The molecule has 112 valence electrons. The van der Waals surface area contributed by atoms with Crippen LogP contribution in [0.5, 0.6) is 0 Å². The quantitative estimate of drug-likeness (QED) is 0.703. The van der Waals surface area contributed by atoms with Crippen molar-refractivity contribution in [3.8, 4) is 0 Å². The zero-order valence-corrected chi connectivity index (χ0v) is 12.5. The Kier molecular flexibility index (Phi) is 5.27. The Balaban J connectivity index is 1.80. The molecule has 0 atom stereocenters. The van der Waals surface area contributed by atoms with Gasteiger partial charge in [0.1, 0.15) is 4.90 Å². The Hall–Kier alpha value is -1.25. The number of likely N-dealkylation sites (tertiary alicyclic amines) is 1. The third-order valence-corrected chi connectivity index (χ3v) is 4.72. The van der Waals surface area contributed by atoms with E-state index in [0.717, 1.165) is 26.1 Å². The molecule has 2 rings (SSSR count). The highest BCUT2D eigenvalue weighted by molar-refractivity contribution is 7.89. The van der Waals surface area contributed by atoms with E-state index in [-0.39, 0.29) is 4.90 Å². The average Bonchev–Trinajstić information content (AvgIpc) is 2.97. The molecule has 2 heterocycles. The number of hydrogen-bond donors (Lipinski definition) is 2. The van der Waals surface area contributed by atoms with Gasteiger partial charge in [0.15, 0.2) is 0 Å². The van der Waals surface area contributed by atoms with Crippen LogP contribution in [0.3, 0.4) is 0 Å². The van der Waals surface area contributed by atoms with Gasteiger partial charge in [-0.05, 0) is 38.9 Å². The second-order valence-electron chi connectivity index (χ2n) is 4.79. The summed E-state index contributed by atoms with van der Waals surface area (Å²) >= 11 is 0. The molecule has 0 amide bonds. The molecule has 2 N–H and O–H groups in total. The lowest BCUT2D eigenvalue weighted by molar-refractivity contribution is 0.334. The molecule has 1 aromatic rings. The van der Waals surface area contributed by atoms with Gasteiger partial charge in [-0.1, -0.05) is 0 Å². The van der Waals surface area contributed by atoms with Crippen molar-refractivity contribution in [1.82, 2.24) is 19.6 Å². The van der Waals surface area contributed by atoms with Gasteiger partial charge in [-0.25, -0.2) is 23.1 Å².